The van der Waals surface area contributed by atoms with Gasteiger partial charge in [0.05, 0.1) is 5.56 Å². The van der Waals surface area contributed by atoms with Crippen LogP contribution in [0.5, 0.6) is 0 Å². The van der Waals surface area contributed by atoms with Crippen molar-refractivity contribution in [3.63, 3.8) is 0 Å². The number of aromatic nitrogens is 2. The van der Waals surface area contributed by atoms with E-state index in [1.807, 2.05) is 0 Å². The van der Waals surface area contributed by atoms with Crippen molar-refractivity contribution in [1.82, 2.24) is 9.97 Å². The molecule has 5 nitrogen and oxygen atoms in total. The minimum Gasteiger partial charge on any atom is -0.477 e. The van der Waals surface area contributed by atoms with Crippen LogP contribution in [0.15, 0.2) is 29.2 Å². The number of rotatable bonds is 2. The Hall–Kier alpha value is -2.57. The van der Waals surface area contributed by atoms with Crippen molar-refractivity contribution in [3.05, 3.63) is 51.9 Å². The molecule has 0 fully saturated rings. The average Bonchev–Trinajstić information content (AvgIpc) is 2.28. The summed E-state index contributed by atoms with van der Waals surface area (Å²) in [5, 5.41) is 8.63. The smallest absolute Gasteiger partial charge is 0.342 e. The minimum atomic E-state index is -1.44. The van der Waals surface area contributed by atoms with Crippen LogP contribution in [0.3, 0.4) is 0 Å². The van der Waals surface area contributed by atoms with Gasteiger partial charge in [0.2, 0.25) is 0 Å². The molecule has 2 aromatic rings. The normalized spacial score (nSPS) is 10.3. The largest absolute Gasteiger partial charge is 0.477 e. The Balaban J connectivity index is 2.56. The fraction of sp³-hybridized carbons (Fsp3) is 0. The molecule has 0 atom stereocenters. The van der Waals surface area contributed by atoms with Gasteiger partial charge in [-0.2, -0.15) is 0 Å². The number of halogens is 2. The number of benzene rings is 1. The summed E-state index contributed by atoms with van der Waals surface area (Å²) in [7, 11) is 0. The molecule has 0 bridgehead atoms. The highest BCUT2D eigenvalue weighted by molar-refractivity contribution is 5.86. The fourth-order valence-corrected chi connectivity index (χ4v) is 1.37. The Kier molecular flexibility index (Phi) is 2.88. The molecule has 92 valence electrons. The molecule has 0 aliphatic carbocycles. The molecule has 0 radical (unpaired) electrons. The summed E-state index contributed by atoms with van der Waals surface area (Å²) in [6.07, 6.45) is 0.819. The van der Waals surface area contributed by atoms with Crippen molar-refractivity contribution in [3.8, 4) is 11.4 Å². The zero-order valence-corrected chi connectivity index (χ0v) is 8.78. The third-order valence-corrected chi connectivity index (χ3v) is 2.22. The van der Waals surface area contributed by atoms with Crippen molar-refractivity contribution in [1.29, 1.82) is 0 Å². The van der Waals surface area contributed by atoms with E-state index in [0.717, 1.165) is 18.3 Å². The number of H-pyrrole nitrogens is 1. The molecule has 0 aliphatic rings. The summed E-state index contributed by atoms with van der Waals surface area (Å²) in [4.78, 5) is 27.7. The van der Waals surface area contributed by atoms with Crippen LogP contribution in [0.2, 0.25) is 0 Å². The van der Waals surface area contributed by atoms with Gasteiger partial charge >= 0.3 is 5.97 Å². The van der Waals surface area contributed by atoms with Crippen molar-refractivity contribution in [2.45, 2.75) is 0 Å². The summed E-state index contributed by atoms with van der Waals surface area (Å²) in [6, 6.07) is 2.74. The number of aromatic carboxylic acids is 1. The molecule has 0 spiro atoms. The maximum Gasteiger partial charge on any atom is 0.342 e. The predicted molar refractivity (Wildman–Crippen MR) is 57.2 cm³/mol. The predicted octanol–water partition coefficient (Wildman–Crippen LogP) is 1.41. The van der Waals surface area contributed by atoms with Gasteiger partial charge < -0.3 is 10.1 Å². The van der Waals surface area contributed by atoms with Crippen LogP contribution in [-0.4, -0.2) is 21.0 Å². The summed E-state index contributed by atoms with van der Waals surface area (Å²) in [5.41, 5.74) is -1.58. The minimum absolute atomic E-state index is 0.120. The van der Waals surface area contributed by atoms with Gasteiger partial charge in [-0.1, -0.05) is 0 Å². The van der Waals surface area contributed by atoms with E-state index in [2.05, 4.69) is 9.97 Å². The molecular weight excluding hydrogens is 246 g/mol. The van der Waals surface area contributed by atoms with E-state index in [9.17, 15) is 18.4 Å². The molecule has 2 rings (SSSR count). The standard InChI is InChI=1S/C11H6F2N2O3/c12-5-1-2-6(8(13)3-5)9-14-4-7(11(17)18)10(16)15-9/h1-4H,(H,17,18)(H,14,15,16). The van der Waals surface area contributed by atoms with Crippen LogP contribution in [-0.2, 0) is 0 Å². The number of hydrogen-bond acceptors (Lipinski definition) is 3. The first kappa shape index (κ1) is 11.9. The van der Waals surface area contributed by atoms with Crippen LogP contribution in [0.25, 0.3) is 11.4 Å². The summed E-state index contributed by atoms with van der Waals surface area (Å²) in [5.74, 6) is -3.26. The number of carboxylic acids is 1. The first-order valence-electron chi connectivity index (χ1n) is 4.77. The van der Waals surface area contributed by atoms with Gasteiger partial charge in [-0.3, -0.25) is 4.79 Å². The van der Waals surface area contributed by atoms with Crippen LogP contribution in [0.1, 0.15) is 10.4 Å². The number of aromatic amines is 1. The van der Waals surface area contributed by atoms with E-state index in [-0.39, 0.29) is 11.4 Å². The van der Waals surface area contributed by atoms with Crippen molar-refractivity contribution in [2.75, 3.05) is 0 Å². The second-order valence-electron chi connectivity index (χ2n) is 3.40. The highest BCUT2D eigenvalue weighted by Gasteiger charge is 2.13. The number of nitrogens with one attached hydrogen (secondary N) is 1. The quantitative estimate of drug-likeness (QED) is 0.846. The van der Waals surface area contributed by atoms with Crippen molar-refractivity contribution in [2.24, 2.45) is 0 Å². The van der Waals surface area contributed by atoms with Crippen LogP contribution in [0, 0.1) is 11.6 Å². The number of nitrogens with zero attached hydrogens (tertiary/aromatic N) is 1. The molecule has 1 heterocycles. The van der Waals surface area contributed by atoms with Gasteiger partial charge in [-0.15, -0.1) is 0 Å². The Morgan fingerprint density at radius 3 is 2.61 bits per heavy atom. The van der Waals surface area contributed by atoms with E-state index in [4.69, 9.17) is 5.11 Å². The SMILES string of the molecule is O=C(O)c1cnc(-c2ccc(F)cc2F)[nH]c1=O. The fourth-order valence-electron chi connectivity index (χ4n) is 1.37. The molecule has 18 heavy (non-hydrogen) atoms. The van der Waals surface area contributed by atoms with Gasteiger partial charge in [0.25, 0.3) is 5.56 Å². The lowest BCUT2D eigenvalue weighted by Crippen LogP contribution is -2.18. The second kappa shape index (κ2) is 4.36. The monoisotopic (exact) mass is 252 g/mol. The Morgan fingerprint density at radius 2 is 2.06 bits per heavy atom. The lowest BCUT2D eigenvalue weighted by Gasteiger charge is -2.02. The van der Waals surface area contributed by atoms with E-state index in [1.165, 1.54) is 0 Å². The van der Waals surface area contributed by atoms with Crippen LogP contribution >= 0.6 is 0 Å². The Labute approximate surface area is 98.7 Å². The molecule has 0 unspecified atom stereocenters. The number of carbonyl (C=O) groups is 1. The maximum absolute atomic E-state index is 13.4. The van der Waals surface area contributed by atoms with Gasteiger partial charge in [0.1, 0.15) is 23.0 Å². The van der Waals surface area contributed by atoms with E-state index >= 15 is 0 Å². The molecule has 1 aromatic heterocycles. The highest BCUT2D eigenvalue weighted by Crippen LogP contribution is 2.18. The molecule has 7 heteroatoms. The summed E-state index contributed by atoms with van der Waals surface area (Å²) >= 11 is 0. The molecule has 0 aliphatic heterocycles. The lowest BCUT2D eigenvalue weighted by molar-refractivity contribution is 0.0694. The highest BCUT2D eigenvalue weighted by atomic mass is 19.1. The molecule has 1 aromatic carbocycles. The molecular formula is C11H6F2N2O3. The molecule has 2 N–H and O–H groups in total. The molecule has 0 saturated carbocycles. The lowest BCUT2D eigenvalue weighted by atomic mass is 10.2. The molecule has 0 amide bonds. The van der Waals surface area contributed by atoms with Gasteiger partial charge in [0, 0.05) is 12.3 Å². The topological polar surface area (TPSA) is 83.0 Å². The third-order valence-electron chi connectivity index (χ3n) is 2.22. The van der Waals surface area contributed by atoms with Crippen molar-refractivity contribution >= 4 is 5.97 Å². The second-order valence-corrected chi connectivity index (χ2v) is 3.40. The Morgan fingerprint density at radius 1 is 1.33 bits per heavy atom. The summed E-state index contributed by atoms with van der Waals surface area (Å²) < 4.78 is 26.1. The van der Waals surface area contributed by atoms with Gasteiger partial charge in [-0.05, 0) is 12.1 Å². The zero-order valence-electron chi connectivity index (χ0n) is 8.78. The van der Waals surface area contributed by atoms with Crippen LogP contribution < -0.4 is 5.56 Å². The zero-order chi connectivity index (χ0) is 13.3. The first-order chi connectivity index (χ1) is 8.49. The first-order valence-corrected chi connectivity index (χ1v) is 4.77. The Bertz CT molecular complexity index is 682. The van der Waals surface area contributed by atoms with Crippen LogP contribution in [0.4, 0.5) is 8.78 Å². The maximum atomic E-state index is 13.4. The van der Waals surface area contributed by atoms with Gasteiger partial charge in [-0.25, -0.2) is 18.6 Å². The number of carboxylic acid groups (broad SMARTS) is 1. The van der Waals surface area contributed by atoms with Crippen molar-refractivity contribution < 1.29 is 18.7 Å². The van der Waals surface area contributed by atoms with E-state index in [0.29, 0.717) is 6.07 Å². The number of hydrogen-bond donors (Lipinski definition) is 2. The van der Waals surface area contributed by atoms with E-state index < -0.39 is 28.7 Å². The summed E-state index contributed by atoms with van der Waals surface area (Å²) in [6.45, 7) is 0. The third kappa shape index (κ3) is 2.10. The molecule has 0 saturated heterocycles. The van der Waals surface area contributed by atoms with Gasteiger partial charge in [0.15, 0.2) is 0 Å². The average molecular weight is 252 g/mol. The van der Waals surface area contributed by atoms with E-state index in [1.54, 1.807) is 0 Å².